The van der Waals surface area contributed by atoms with Crippen LogP contribution in [0.1, 0.15) is 13.3 Å². The first kappa shape index (κ1) is 14.8. The lowest BCUT2D eigenvalue weighted by molar-refractivity contribution is -0.184. The molecule has 0 aromatic rings. The van der Waals surface area contributed by atoms with Gasteiger partial charge in [-0.2, -0.15) is 0 Å². The van der Waals surface area contributed by atoms with Gasteiger partial charge in [-0.05, 0) is 13.3 Å². The fraction of sp³-hybridized carbons (Fsp3) is 0.750. The number of nitrogens with zero attached hydrogens (tertiary/aromatic N) is 1. The van der Waals surface area contributed by atoms with Gasteiger partial charge in [0.2, 0.25) is 0 Å². The summed E-state index contributed by atoms with van der Waals surface area (Å²) in [5.41, 5.74) is -0.378. The van der Waals surface area contributed by atoms with Crippen molar-refractivity contribution >= 4 is 16.9 Å². The van der Waals surface area contributed by atoms with Crippen LogP contribution in [0.2, 0.25) is 0 Å². The van der Waals surface area contributed by atoms with Crippen molar-refractivity contribution in [1.82, 2.24) is 5.32 Å². The summed E-state index contributed by atoms with van der Waals surface area (Å²) in [6, 6.07) is -0.499. The molecule has 6 atom stereocenters. The second-order valence-electron chi connectivity index (χ2n) is 4.62. The Morgan fingerprint density at radius 1 is 1.53 bits per heavy atom. The van der Waals surface area contributed by atoms with Gasteiger partial charge in [-0.3, -0.25) is 4.99 Å². The van der Waals surface area contributed by atoms with Gasteiger partial charge in [0.05, 0.1) is 6.10 Å². The quantitative estimate of drug-likeness (QED) is 0.519. The highest BCUT2D eigenvalue weighted by atomic mass is 32.2. The average molecular weight is 288 g/mol. The predicted molar refractivity (Wildman–Crippen MR) is 74.0 cm³/mol. The van der Waals surface area contributed by atoms with Crippen LogP contribution in [0.3, 0.4) is 0 Å². The Bertz CT molecular complexity index is 366. The van der Waals surface area contributed by atoms with Gasteiger partial charge >= 0.3 is 0 Å². The zero-order valence-electron chi connectivity index (χ0n) is 10.8. The maximum atomic E-state index is 10.1. The monoisotopic (exact) mass is 288 g/mol. The van der Waals surface area contributed by atoms with E-state index in [-0.39, 0.29) is 5.44 Å². The Labute approximate surface area is 116 Å². The number of rotatable bonds is 4. The van der Waals surface area contributed by atoms with Gasteiger partial charge in [-0.1, -0.05) is 17.8 Å². The van der Waals surface area contributed by atoms with Gasteiger partial charge < -0.3 is 25.4 Å². The summed E-state index contributed by atoms with van der Waals surface area (Å²) in [5, 5.41) is 33.8. The highest BCUT2D eigenvalue weighted by molar-refractivity contribution is 8.14. The van der Waals surface area contributed by atoms with Crippen LogP contribution in [0.25, 0.3) is 0 Å². The highest BCUT2D eigenvalue weighted by Crippen LogP contribution is 2.36. The molecule has 2 aliphatic heterocycles. The smallest absolute Gasteiger partial charge is 0.159 e. The van der Waals surface area contributed by atoms with Crippen molar-refractivity contribution in [2.24, 2.45) is 4.99 Å². The molecule has 0 aliphatic carbocycles. The summed E-state index contributed by atoms with van der Waals surface area (Å²) in [6.07, 6.45) is -2.03. The van der Waals surface area contributed by atoms with Crippen LogP contribution in [-0.2, 0) is 4.74 Å². The minimum atomic E-state index is -1.15. The Morgan fingerprint density at radius 3 is 2.89 bits per heavy atom. The molecule has 4 N–H and O–H groups in total. The van der Waals surface area contributed by atoms with Gasteiger partial charge in [0.15, 0.2) is 5.17 Å². The first-order valence-corrected chi connectivity index (χ1v) is 7.25. The fourth-order valence-electron chi connectivity index (χ4n) is 2.25. The summed E-state index contributed by atoms with van der Waals surface area (Å²) in [5.74, 6) is 0. The summed E-state index contributed by atoms with van der Waals surface area (Å²) in [4.78, 5) is 4.30. The Morgan fingerprint density at radius 2 is 2.26 bits per heavy atom. The van der Waals surface area contributed by atoms with Crippen LogP contribution in [0.4, 0.5) is 0 Å². The minimum Gasteiger partial charge on any atom is -0.390 e. The summed E-state index contributed by atoms with van der Waals surface area (Å²) in [7, 11) is 0. The van der Waals surface area contributed by atoms with Crippen LogP contribution in [-0.4, -0.2) is 62.9 Å². The molecular formula is C12H20N2O4S. The van der Waals surface area contributed by atoms with Gasteiger partial charge in [-0.25, -0.2) is 0 Å². The first-order chi connectivity index (χ1) is 9.08. The number of hydrogen-bond acceptors (Lipinski definition) is 7. The molecule has 0 radical (unpaired) electrons. The molecule has 2 aliphatic rings. The number of fused-ring (bicyclic) bond motifs is 1. The molecule has 2 rings (SSSR count). The van der Waals surface area contributed by atoms with Crippen molar-refractivity contribution in [1.29, 1.82) is 0 Å². The highest BCUT2D eigenvalue weighted by Gasteiger charge is 2.49. The summed E-state index contributed by atoms with van der Waals surface area (Å²) in [6.45, 7) is 6.23. The lowest BCUT2D eigenvalue weighted by Crippen LogP contribution is -2.58. The SMILES string of the molecule is C=CCC(O)[C@H]1O[C@@H]2SC(NCC)=N[C@@H]2[C@@H](O)[C@@H]1O. The van der Waals surface area contributed by atoms with Crippen molar-refractivity contribution in [3.05, 3.63) is 12.7 Å². The number of thioether (sulfide) groups is 1. The number of amidine groups is 1. The number of aliphatic hydroxyl groups excluding tert-OH is 3. The molecule has 0 aromatic heterocycles. The van der Waals surface area contributed by atoms with E-state index in [9.17, 15) is 15.3 Å². The lowest BCUT2D eigenvalue weighted by Gasteiger charge is -2.40. The van der Waals surface area contributed by atoms with Crippen molar-refractivity contribution in [2.75, 3.05) is 6.54 Å². The van der Waals surface area contributed by atoms with Gasteiger partial charge in [0.1, 0.15) is 29.8 Å². The van der Waals surface area contributed by atoms with Crippen molar-refractivity contribution < 1.29 is 20.1 Å². The molecule has 6 nitrogen and oxygen atoms in total. The standard InChI is InChI=1S/C12H20N2O4S/c1-3-5-6(15)10-9(17)8(16)7-11(18-10)19-12(14-7)13-4-2/h3,6-11,15-17H,1,4-5H2,2H3,(H,13,14)/t6?,7-,8-,9+,10-,11-/m1/s1. The first-order valence-electron chi connectivity index (χ1n) is 6.37. The largest absolute Gasteiger partial charge is 0.390 e. The van der Waals surface area contributed by atoms with Crippen LogP contribution >= 0.6 is 11.8 Å². The third-order valence-electron chi connectivity index (χ3n) is 3.22. The molecule has 7 heteroatoms. The van der Waals surface area contributed by atoms with Crippen LogP contribution in [0.5, 0.6) is 0 Å². The lowest BCUT2D eigenvalue weighted by atomic mass is 9.94. The molecule has 1 saturated heterocycles. The van der Waals surface area contributed by atoms with E-state index in [1.165, 1.54) is 11.8 Å². The van der Waals surface area contributed by atoms with Gasteiger partial charge in [0, 0.05) is 6.54 Å². The van der Waals surface area contributed by atoms with E-state index in [2.05, 4.69) is 16.9 Å². The van der Waals surface area contributed by atoms with E-state index >= 15 is 0 Å². The molecular weight excluding hydrogens is 268 g/mol. The Hall–Kier alpha value is -0.600. The van der Waals surface area contributed by atoms with E-state index in [0.717, 1.165) is 6.54 Å². The van der Waals surface area contributed by atoms with Crippen LogP contribution < -0.4 is 5.32 Å². The second-order valence-corrected chi connectivity index (χ2v) is 5.70. The van der Waals surface area contributed by atoms with Crippen molar-refractivity contribution in [2.45, 2.75) is 49.2 Å². The summed E-state index contributed by atoms with van der Waals surface area (Å²) >= 11 is 1.37. The van der Waals surface area contributed by atoms with E-state index in [0.29, 0.717) is 11.6 Å². The Balaban J connectivity index is 2.07. The van der Waals surface area contributed by atoms with Crippen molar-refractivity contribution in [3.63, 3.8) is 0 Å². The second kappa shape index (κ2) is 6.23. The molecule has 0 bridgehead atoms. The average Bonchev–Trinajstić information content (AvgIpc) is 2.77. The molecule has 19 heavy (non-hydrogen) atoms. The van der Waals surface area contributed by atoms with Crippen molar-refractivity contribution in [3.8, 4) is 0 Å². The van der Waals surface area contributed by atoms with E-state index in [1.807, 2.05) is 6.92 Å². The molecule has 1 unspecified atom stereocenters. The van der Waals surface area contributed by atoms with Gasteiger partial charge in [-0.15, -0.1) is 6.58 Å². The predicted octanol–water partition coefficient (Wildman–Crippen LogP) is -0.549. The third-order valence-corrected chi connectivity index (χ3v) is 4.31. The molecule has 2 heterocycles. The maximum absolute atomic E-state index is 10.1. The normalized spacial score (nSPS) is 39.4. The fourth-order valence-corrected chi connectivity index (χ4v) is 3.42. The molecule has 0 amide bonds. The Kier molecular flexibility index (Phi) is 4.86. The molecule has 0 aromatic carbocycles. The zero-order chi connectivity index (χ0) is 14.0. The number of aliphatic hydroxyl groups is 3. The molecule has 0 spiro atoms. The van der Waals surface area contributed by atoms with Gasteiger partial charge in [0.25, 0.3) is 0 Å². The maximum Gasteiger partial charge on any atom is 0.159 e. The molecule has 1 fully saturated rings. The third kappa shape index (κ3) is 2.95. The minimum absolute atomic E-state index is 0.303. The van der Waals surface area contributed by atoms with Crippen LogP contribution in [0.15, 0.2) is 17.6 Å². The number of aliphatic imine (C=N–C) groups is 1. The van der Waals surface area contributed by atoms with E-state index in [4.69, 9.17) is 4.74 Å². The number of ether oxygens (including phenoxy) is 1. The summed E-state index contributed by atoms with van der Waals surface area (Å²) < 4.78 is 5.68. The molecule has 0 saturated carbocycles. The van der Waals surface area contributed by atoms with Crippen LogP contribution in [0, 0.1) is 0 Å². The molecule has 108 valence electrons. The topological polar surface area (TPSA) is 94.3 Å². The number of nitrogens with one attached hydrogen (secondary N) is 1. The van der Waals surface area contributed by atoms with E-state index < -0.39 is 30.5 Å². The van der Waals surface area contributed by atoms with E-state index in [1.54, 1.807) is 6.08 Å². The zero-order valence-corrected chi connectivity index (χ0v) is 11.6. The number of hydrogen-bond donors (Lipinski definition) is 4.